The molecule has 3 heteroatoms. The maximum absolute atomic E-state index is 2.78. The van der Waals surface area contributed by atoms with E-state index in [0.29, 0.717) is 0 Å². The van der Waals surface area contributed by atoms with E-state index >= 15 is 0 Å². The van der Waals surface area contributed by atoms with E-state index in [0.717, 1.165) is 5.69 Å². The minimum Gasteiger partial charge on any atom is -0.307 e. The van der Waals surface area contributed by atoms with Crippen molar-refractivity contribution in [2.24, 2.45) is 0 Å². The molecule has 63 heavy (non-hydrogen) atoms. The van der Waals surface area contributed by atoms with Crippen LogP contribution < -0.4 is 20.7 Å². The molecule has 2 heterocycles. The van der Waals surface area contributed by atoms with Gasteiger partial charge in [0.25, 0.3) is 0 Å². The second kappa shape index (κ2) is 15.2. The van der Waals surface area contributed by atoms with Crippen LogP contribution in [0.15, 0.2) is 255 Å². The van der Waals surface area contributed by atoms with E-state index in [2.05, 4.69) is 264 Å². The van der Waals surface area contributed by atoms with Crippen LogP contribution in [0.5, 0.6) is 0 Å². The maximum Gasteiger partial charge on any atom is 0.179 e. The van der Waals surface area contributed by atoms with Crippen LogP contribution in [0.4, 0.5) is 0 Å². The van der Waals surface area contributed by atoms with Gasteiger partial charge in [-0.3, -0.25) is 0 Å². The standard InChI is InChI=1S/C60H42N2Si/c1-6-22-43(23-7-1)49-34-20-35-50(44-24-8-2-9-25-44)59(49)62-56-38-19-16-32-51(56)53-36-21-39-58(60(53)62)61-55-37-18-17-33-52(55)54-42-48(40-41-57(54)61)63(45-26-10-3-11-27-45,46-28-12-4-13-29-46)47-30-14-5-15-31-47/h1-42H. The molecule has 2 aromatic heterocycles. The third-order valence-electron chi connectivity index (χ3n) is 13.1. The Morgan fingerprint density at radius 1 is 0.270 bits per heavy atom. The SMILES string of the molecule is c1ccc(-c2cccc(-c3ccccc3)c2-n2c3ccccc3c3cccc(-n4c5ccccc5c5cc([Si](c6ccccc6)(c6ccccc6)c6ccccc6)ccc54)c32)cc1. The third-order valence-corrected chi connectivity index (χ3v) is 17.8. The molecule has 0 saturated heterocycles. The highest BCUT2D eigenvalue weighted by Crippen LogP contribution is 2.44. The molecule has 12 aromatic rings. The molecule has 0 amide bonds. The number of aromatic nitrogens is 2. The molecule has 2 nitrogen and oxygen atoms in total. The van der Waals surface area contributed by atoms with Crippen molar-refractivity contribution in [3.63, 3.8) is 0 Å². The van der Waals surface area contributed by atoms with Crippen LogP contribution in [-0.2, 0) is 0 Å². The molecule has 10 aromatic carbocycles. The molecule has 0 N–H and O–H groups in total. The van der Waals surface area contributed by atoms with Gasteiger partial charge in [-0.15, -0.1) is 0 Å². The van der Waals surface area contributed by atoms with Crippen molar-refractivity contribution in [1.82, 2.24) is 9.13 Å². The van der Waals surface area contributed by atoms with Gasteiger partial charge in [0.1, 0.15) is 0 Å². The van der Waals surface area contributed by atoms with Crippen molar-refractivity contribution >= 4 is 72.4 Å². The van der Waals surface area contributed by atoms with E-state index in [1.54, 1.807) is 0 Å². The smallest absolute Gasteiger partial charge is 0.179 e. The van der Waals surface area contributed by atoms with Crippen LogP contribution in [0.2, 0.25) is 0 Å². The van der Waals surface area contributed by atoms with Gasteiger partial charge in [0.05, 0.1) is 33.4 Å². The predicted octanol–water partition coefficient (Wildman–Crippen LogP) is 12.6. The molecule has 0 aliphatic carbocycles. The van der Waals surface area contributed by atoms with Gasteiger partial charge in [0, 0.05) is 32.7 Å². The van der Waals surface area contributed by atoms with Crippen molar-refractivity contribution in [3.05, 3.63) is 255 Å². The van der Waals surface area contributed by atoms with Crippen LogP contribution in [0.25, 0.3) is 77.2 Å². The second-order valence-electron chi connectivity index (χ2n) is 16.4. The summed E-state index contributed by atoms with van der Waals surface area (Å²) in [6.45, 7) is 0. The number of nitrogens with zero attached hydrogens (tertiary/aromatic N) is 2. The van der Waals surface area contributed by atoms with Crippen LogP contribution in [0.1, 0.15) is 0 Å². The van der Waals surface area contributed by atoms with E-state index in [4.69, 9.17) is 0 Å². The Morgan fingerprint density at radius 2 is 0.683 bits per heavy atom. The molecule has 0 spiro atoms. The lowest BCUT2D eigenvalue weighted by molar-refractivity contribution is 1.13. The first-order valence-electron chi connectivity index (χ1n) is 21.8. The number of fused-ring (bicyclic) bond motifs is 6. The van der Waals surface area contributed by atoms with Gasteiger partial charge < -0.3 is 9.13 Å². The monoisotopic (exact) mass is 818 g/mol. The number of hydrogen-bond acceptors (Lipinski definition) is 0. The number of para-hydroxylation sites is 4. The highest BCUT2D eigenvalue weighted by Gasteiger charge is 2.41. The molecule has 0 unspecified atom stereocenters. The lowest BCUT2D eigenvalue weighted by atomic mass is 9.95. The van der Waals surface area contributed by atoms with Gasteiger partial charge in [-0.05, 0) is 56.1 Å². The van der Waals surface area contributed by atoms with Crippen LogP contribution in [-0.4, -0.2) is 17.2 Å². The fourth-order valence-electron chi connectivity index (χ4n) is 10.4. The summed E-state index contributed by atoms with van der Waals surface area (Å²) in [5.74, 6) is 0. The topological polar surface area (TPSA) is 9.86 Å². The van der Waals surface area contributed by atoms with E-state index in [1.807, 2.05) is 0 Å². The summed E-state index contributed by atoms with van der Waals surface area (Å²) >= 11 is 0. The molecule has 0 bridgehead atoms. The number of benzene rings is 10. The molecule has 0 atom stereocenters. The van der Waals surface area contributed by atoms with E-state index in [9.17, 15) is 0 Å². The zero-order chi connectivity index (χ0) is 41.7. The predicted molar refractivity (Wildman–Crippen MR) is 270 cm³/mol. The molecular weight excluding hydrogens is 777 g/mol. The first kappa shape index (κ1) is 36.8. The van der Waals surface area contributed by atoms with E-state index in [1.165, 1.54) is 92.3 Å². The first-order valence-corrected chi connectivity index (χ1v) is 23.8. The molecule has 0 saturated carbocycles. The molecule has 0 aliphatic rings. The normalized spacial score (nSPS) is 11.8. The molecule has 0 radical (unpaired) electrons. The maximum atomic E-state index is 2.55. The lowest BCUT2D eigenvalue weighted by Crippen LogP contribution is -2.74. The fraction of sp³-hybridized carbons (Fsp3) is 0. The summed E-state index contributed by atoms with van der Waals surface area (Å²) < 4.78 is 5.08. The summed E-state index contributed by atoms with van der Waals surface area (Å²) in [7, 11) is -2.78. The average molecular weight is 819 g/mol. The Labute approximate surface area is 368 Å². The Balaban J connectivity index is 1.20. The second-order valence-corrected chi connectivity index (χ2v) is 20.2. The highest BCUT2D eigenvalue weighted by atomic mass is 28.3. The molecule has 12 rings (SSSR count). The molecular formula is C60H42N2Si. The van der Waals surface area contributed by atoms with Crippen molar-refractivity contribution in [2.75, 3.05) is 0 Å². The van der Waals surface area contributed by atoms with E-state index < -0.39 is 8.07 Å². The summed E-state index contributed by atoms with van der Waals surface area (Å²) in [5.41, 5.74) is 11.8. The number of rotatable bonds is 8. The van der Waals surface area contributed by atoms with E-state index in [-0.39, 0.29) is 0 Å². The van der Waals surface area contributed by atoms with Gasteiger partial charge in [-0.25, -0.2) is 0 Å². The zero-order valence-electron chi connectivity index (χ0n) is 34.6. The van der Waals surface area contributed by atoms with Gasteiger partial charge in [-0.1, -0.05) is 231 Å². The summed E-state index contributed by atoms with van der Waals surface area (Å²) in [6, 6.07) is 94.3. The fourth-order valence-corrected chi connectivity index (χ4v) is 15.2. The minimum absolute atomic E-state index is 1.14. The number of hydrogen-bond donors (Lipinski definition) is 0. The van der Waals surface area contributed by atoms with Crippen molar-refractivity contribution in [3.8, 4) is 33.6 Å². The van der Waals surface area contributed by atoms with Crippen molar-refractivity contribution < 1.29 is 0 Å². The summed E-state index contributed by atoms with van der Waals surface area (Å²) in [6.07, 6.45) is 0. The quantitative estimate of drug-likeness (QED) is 0.107. The Bertz CT molecular complexity index is 3440. The van der Waals surface area contributed by atoms with Crippen LogP contribution >= 0.6 is 0 Å². The van der Waals surface area contributed by atoms with Gasteiger partial charge in [0.15, 0.2) is 8.07 Å². The van der Waals surface area contributed by atoms with Gasteiger partial charge >= 0.3 is 0 Å². The summed E-state index contributed by atoms with van der Waals surface area (Å²) in [4.78, 5) is 0. The molecule has 0 fully saturated rings. The Hall–Kier alpha value is -7.98. The first-order chi connectivity index (χ1) is 31.3. The largest absolute Gasteiger partial charge is 0.307 e. The third kappa shape index (κ3) is 5.78. The molecule has 296 valence electrons. The molecule has 0 aliphatic heterocycles. The zero-order valence-corrected chi connectivity index (χ0v) is 35.6. The highest BCUT2D eigenvalue weighted by molar-refractivity contribution is 7.20. The average Bonchev–Trinajstić information content (AvgIpc) is 3.88. The van der Waals surface area contributed by atoms with Crippen molar-refractivity contribution in [2.45, 2.75) is 0 Å². The van der Waals surface area contributed by atoms with Crippen LogP contribution in [0, 0.1) is 0 Å². The minimum atomic E-state index is -2.78. The van der Waals surface area contributed by atoms with Crippen LogP contribution in [0.3, 0.4) is 0 Å². The lowest BCUT2D eigenvalue weighted by Gasteiger charge is -2.34. The summed E-state index contributed by atoms with van der Waals surface area (Å²) in [5, 5.41) is 10.4. The van der Waals surface area contributed by atoms with Crippen molar-refractivity contribution in [1.29, 1.82) is 0 Å². The van der Waals surface area contributed by atoms with Gasteiger partial charge in [-0.2, -0.15) is 0 Å². The van der Waals surface area contributed by atoms with Gasteiger partial charge in [0.2, 0.25) is 0 Å². The Morgan fingerprint density at radius 3 is 1.22 bits per heavy atom. The Kier molecular flexibility index (Phi) is 8.87.